The first-order valence-electron chi connectivity index (χ1n) is 7.34. The Morgan fingerprint density at radius 1 is 1.08 bits per heavy atom. The van der Waals surface area contributed by atoms with Crippen LogP contribution < -0.4 is 20.1 Å². The van der Waals surface area contributed by atoms with Gasteiger partial charge in [-0.25, -0.2) is 4.79 Å². The largest absolute Gasteiger partial charge is 0.496 e. The van der Waals surface area contributed by atoms with Crippen LogP contribution in [0.4, 0.5) is 16.2 Å². The maximum absolute atomic E-state index is 12.0. The monoisotopic (exact) mass is 379 g/mol. The fraction of sp³-hybridized carbons (Fsp3) is 0.176. The van der Waals surface area contributed by atoms with Crippen molar-refractivity contribution < 1.29 is 14.3 Å². The van der Waals surface area contributed by atoms with Crippen molar-refractivity contribution in [3.05, 3.63) is 47.0 Å². The molecule has 3 amide bonds. The van der Waals surface area contributed by atoms with Crippen LogP contribution in [0, 0.1) is 6.92 Å². The van der Waals surface area contributed by atoms with E-state index in [0.717, 1.165) is 17.5 Å². The number of nitrogens with one attached hydrogen (secondary N) is 3. The highest BCUT2D eigenvalue weighted by atomic mass is 35.5. The van der Waals surface area contributed by atoms with E-state index in [2.05, 4.69) is 15.4 Å². The van der Waals surface area contributed by atoms with Crippen LogP contribution in [0.2, 0.25) is 5.02 Å². The van der Waals surface area contributed by atoms with Gasteiger partial charge in [-0.15, -0.1) is 0 Å². The maximum atomic E-state index is 12.0. The number of anilines is 2. The van der Waals surface area contributed by atoms with E-state index in [4.69, 9.17) is 16.3 Å². The fourth-order valence-corrected chi connectivity index (χ4v) is 2.88. The second kappa shape index (κ2) is 8.64. The van der Waals surface area contributed by atoms with Crippen molar-refractivity contribution in [2.24, 2.45) is 0 Å². The Kier molecular flexibility index (Phi) is 6.55. The summed E-state index contributed by atoms with van der Waals surface area (Å²) in [5, 5.41) is 5.95. The van der Waals surface area contributed by atoms with E-state index >= 15 is 0 Å². The molecule has 0 unspecified atom stereocenters. The van der Waals surface area contributed by atoms with Crippen LogP contribution in [-0.2, 0) is 4.79 Å². The minimum atomic E-state index is -0.393. The topological polar surface area (TPSA) is 79.5 Å². The average molecular weight is 380 g/mol. The van der Waals surface area contributed by atoms with Crippen LogP contribution in [0.3, 0.4) is 0 Å². The molecular formula is C17H18ClN3O3S. The van der Waals surface area contributed by atoms with Gasteiger partial charge in [0.1, 0.15) is 5.75 Å². The summed E-state index contributed by atoms with van der Waals surface area (Å²) in [6, 6.07) is 9.95. The van der Waals surface area contributed by atoms with E-state index in [0.29, 0.717) is 27.0 Å². The highest BCUT2D eigenvalue weighted by Gasteiger charge is 2.10. The third-order valence-electron chi connectivity index (χ3n) is 3.16. The summed E-state index contributed by atoms with van der Waals surface area (Å²) in [6.07, 6.45) is 0. The lowest BCUT2D eigenvalue weighted by atomic mass is 10.2. The quantitative estimate of drug-likeness (QED) is 0.671. The molecule has 0 bridgehead atoms. The lowest BCUT2D eigenvalue weighted by Crippen LogP contribution is -2.22. The predicted octanol–water partition coefficient (Wildman–Crippen LogP) is 4.44. The van der Waals surface area contributed by atoms with E-state index in [1.165, 1.54) is 6.92 Å². The lowest BCUT2D eigenvalue weighted by Gasteiger charge is -2.12. The zero-order valence-electron chi connectivity index (χ0n) is 14.0. The number of urea groups is 1. The van der Waals surface area contributed by atoms with E-state index < -0.39 is 6.03 Å². The van der Waals surface area contributed by atoms with Crippen LogP contribution in [0.25, 0.3) is 0 Å². The molecule has 8 heteroatoms. The molecule has 3 N–H and O–H groups in total. The van der Waals surface area contributed by atoms with Gasteiger partial charge in [-0.3, -0.25) is 9.52 Å². The van der Waals surface area contributed by atoms with Gasteiger partial charge in [0.25, 0.3) is 0 Å². The second-order valence-corrected chi connectivity index (χ2v) is 6.42. The number of hydrogen-bond acceptors (Lipinski definition) is 4. The van der Waals surface area contributed by atoms with E-state index in [9.17, 15) is 9.59 Å². The van der Waals surface area contributed by atoms with E-state index in [1.54, 1.807) is 37.4 Å². The number of carbonyl (C=O) groups excluding carboxylic acids is 2. The Balaban J connectivity index is 1.95. The van der Waals surface area contributed by atoms with Crippen LogP contribution in [0.15, 0.2) is 41.3 Å². The number of aryl methyl sites for hydroxylation is 1. The third-order valence-corrected chi connectivity index (χ3v) is 4.40. The molecule has 2 aromatic carbocycles. The highest BCUT2D eigenvalue weighted by molar-refractivity contribution is 7.98. The van der Waals surface area contributed by atoms with Crippen molar-refractivity contribution in [3.63, 3.8) is 0 Å². The Bertz CT molecular complexity index is 781. The number of methoxy groups -OCH3 is 1. The standard InChI is InChI=1S/C17H18ClN3O3S/c1-10-8-15(24-3)16(9-14(10)18)25-21-17(23)20-13-6-4-12(5-7-13)19-11(2)22/h4-9H,1-3H3,(H,19,22)(H2,20,21,23). The first-order chi connectivity index (χ1) is 11.9. The zero-order valence-corrected chi connectivity index (χ0v) is 15.5. The van der Waals surface area contributed by atoms with Gasteiger partial charge >= 0.3 is 6.03 Å². The molecule has 0 fully saturated rings. The molecule has 2 aromatic rings. The summed E-state index contributed by atoms with van der Waals surface area (Å²) >= 11 is 7.22. The van der Waals surface area contributed by atoms with Gasteiger partial charge < -0.3 is 15.4 Å². The van der Waals surface area contributed by atoms with Crippen molar-refractivity contribution in [2.75, 3.05) is 17.7 Å². The Labute approximate surface area is 155 Å². The molecule has 25 heavy (non-hydrogen) atoms. The van der Waals surface area contributed by atoms with Gasteiger partial charge in [0.2, 0.25) is 5.91 Å². The van der Waals surface area contributed by atoms with Crippen LogP contribution in [0.1, 0.15) is 12.5 Å². The summed E-state index contributed by atoms with van der Waals surface area (Å²) in [7, 11) is 1.56. The molecule has 6 nitrogen and oxygen atoms in total. The molecule has 0 heterocycles. The molecule has 2 rings (SSSR count). The molecule has 0 aliphatic carbocycles. The fourth-order valence-electron chi connectivity index (χ4n) is 1.97. The van der Waals surface area contributed by atoms with Gasteiger partial charge in [0.05, 0.1) is 12.0 Å². The SMILES string of the molecule is COc1cc(C)c(Cl)cc1SNC(=O)Nc1ccc(NC(C)=O)cc1. The number of halogens is 1. The minimum absolute atomic E-state index is 0.152. The maximum Gasteiger partial charge on any atom is 0.329 e. The Morgan fingerprint density at radius 3 is 2.24 bits per heavy atom. The summed E-state index contributed by atoms with van der Waals surface area (Å²) in [5.74, 6) is 0.479. The first kappa shape index (κ1) is 19.0. The van der Waals surface area contributed by atoms with Crippen molar-refractivity contribution in [1.82, 2.24) is 4.72 Å². The normalized spacial score (nSPS) is 10.1. The minimum Gasteiger partial charge on any atom is -0.496 e. The molecule has 0 radical (unpaired) electrons. The molecule has 132 valence electrons. The zero-order chi connectivity index (χ0) is 18.4. The van der Waals surface area contributed by atoms with Crippen LogP contribution in [0.5, 0.6) is 5.75 Å². The van der Waals surface area contributed by atoms with Gasteiger partial charge in [-0.1, -0.05) is 11.6 Å². The molecule has 0 aliphatic heterocycles. The Hall–Kier alpha value is -2.38. The molecule has 0 aromatic heterocycles. The van der Waals surface area contributed by atoms with Gasteiger partial charge in [0, 0.05) is 23.3 Å². The number of ether oxygens (including phenoxy) is 1. The third kappa shape index (κ3) is 5.58. The summed E-state index contributed by atoms with van der Waals surface area (Å²) in [5.41, 5.74) is 2.15. The van der Waals surface area contributed by atoms with Gasteiger partial charge in [-0.05, 0) is 60.8 Å². The lowest BCUT2D eigenvalue weighted by molar-refractivity contribution is -0.114. The van der Waals surface area contributed by atoms with Gasteiger partial charge in [0.15, 0.2) is 0 Å². The van der Waals surface area contributed by atoms with E-state index in [-0.39, 0.29) is 5.91 Å². The first-order valence-corrected chi connectivity index (χ1v) is 8.54. The summed E-state index contributed by atoms with van der Waals surface area (Å²) in [6.45, 7) is 3.31. The number of hydrogen-bond donors (Lipinski definition) is 3. The molecule has 0 aliphatic rings. The van der Waals surface area contributed by atoms with Crippen molar-refractivity contribution in [3.8, 4) is 5.75 Å². The smallest absolute Gasteiger partial charge is 0.329 e. The summed E-state index contributed by atoms with van der Waals surface area (Å²) in [4.78, 5) is 23.7. The molecule has 0 atom stereocenters. The number of benzene rings is 2. The predicted molar refractivity (Wildman–Crippen MR) is 101 cm³/mol. The number of carbonyl (C=O) groups is 2. The van der Waals surface area contributed by atoms with Crippen molar-refractivity contribution in [2.45, 2.75) is 18.7 Å². The van der Waals surface area contributed by atoms with Crippen molar-refractivity contribution >= 4 is 46.9 Å². The second-order valence-electron chi connectivity index (χ2n) is 5.17. The number of amides is 3. The molecule has 0 saturated carbocycles. The van der Waals surface area contributed by atoms with Crippen LogP contribution in [-0.4, -0.2) is 19.0 Å². The van der Waals surface area contributed by atoms with Crippen LogP contribution >= 0.6 is 23.5 Å². The highest BCUT2D eigenvalue weighted by Crippen LogP contribution is 2.32. The summed E-state index contributed by atoms with van der Waals surface area (Å²) < 4.78 is 7.96. The van der Waals surface area contributed by atoms with Crippen molar-refractivity contribution in [1.29, 1.82) is 0 Å². The molecule has 0 spiro atoms. The number of rotatable bonds is 5. The van der Waals surface area contributed by atoms with E-state index in [1.807, 2.05) is 13.0 Å². The Morgan fingerprint density at radius 2 is 1.68 bits per heavy atom. The molecule has 0 saturated heterocycles. The van der Waals surface area contributed by atoms with Gasteiger partial charge in [-0.2, -0.15) is 0 Å². The molecular weight excluding hydrogens is 362 g/mol. The average Bonchev–Trinajstić information content (AvgIpc) is 2.57.